The van der Waals surface area contributed by atoms with E-state index in [1.54, 1.807) is 6.07 Å². The lowest BCUT2D eigenvalue weighted by Crippen LogP contribution is -1.99. The smallest absolute Gasteiger partial charge is 0.264 e. The molecule has 0 saturated heterocycles. The third-order valence-electron chi connectivity index (χ3n) is 5.08. The van der Waals surface area contributed by atoms with Gasteiger partial charge in [-0.25, -0.2) is 9.37 Å². The Hall–Kier alpha value is -2.54. The van der Waals surface area contributed by atoms with Crippen LogP contribution in [0.15, 0.2) is 71.1 Å². The summed E-state index contributed by atoms with van der Waals surface area (Å²) in [6.45, 7) is 0. The molecule has 0 spiro atoms. The summed E-state index contributed by atoms with van der Waals surface area (Å²) in [5.41, 5.74) is 3.31. The second-order valence-corrected chi connectivity index (χ2v) is 8.55. The van der Waals surface area contributed by atoms with Crippen molar-refractivity contribution in [1.82, 2.24) is 4.98 Å². The highest BCUT2D eigenvalue weighted by Gasteiger charge is 2.17. The third kappa shape index (κ3) is 4.95. The maximum atomic E-state index is 14.6. The fourth-order valence-electron chi connectivity index (χ4n) is 3.46. The Balaban J connectivity index is 1.39. The van der Waals surface area contributed by atoms with Gasteiger partial charge in [-0.05, 0) is 82.8 Å². The molecule has 1 aromatic heterocycles. The number of rotatable bonds is 8. The van der Waals surface area contributed by atoms with Gasteiger partial charge in [0.2, 0.25) is 5.78 Å². The lowest BCUT2D eigenvalue weighted by Gasteiger charge is -2.02. The number of halogens is 2. The van der Waals surface area contributed by atoms with E-state index < -0.39 is 5.82 Å². The van der Waals surface area contributed by atoms with Crippen molar-refractivity contribution >= 4 is 39.5 Å². The molecule has 0 amide bonds. The zero-order valence-corrected chi connectivity index (χ0v) is 18.6. The quantitative estimate of drug-likeness (QED) is 0.142. The minimum atomic E-state index is -0.480. The van der Waals surface area contributed by atoms with Crippen molar-refractivity contribution in [3.63, 3.8) is 0 Å². The molecule has 0 atom stereocenters. The van der Waals surface area contributed by atoms with E-state index in [0.717, 1.165) is 34.8 Å². The van der Waals surface area contributed by atoms with Gasteiger partial charge in [-0.2, -0.15) is 0 Å². The molecule has 4 aromatic rings. The normalized spacial score (nSPS) is 11.1. The maximum absolute atomic E-state index is 14.6. The standard InChI is InChI=1S/C25H21FINO2/c26-21-15-19(18-11-13-20(27)14-12-18)16-23-24(21)28-25(30-23)22(29)10-6-2-5-9-17-7-3-1-4-8-17/h1,3-4,7-8,11-16H,2,5-6,9-10H2. The van der Waals surface area contributed by atoms with Crippen molar-refractivity contribution < 1.29 is 13.6 Å². The van der Waals surface area contributed by atoms with Gasteiger partial charge in [-0.3, -0.25) is 4.79 Å². The monoisotopic (exact) mass is 513 g/mol. The van der Waals surface area contributed by atoms with Crippen molar-refractivity contribution in [2.45, 2.75) is 32.1 Å². The van der Waals surface area contributed by atoms with E-state index in [0.29, 0.717) is 17.6 Å². The Morgan fingerprint density at radius 2 is 1.70 bits per heavy atom. The first kappa shape index (κ1) is 20.7. The molecule has 3 aromatic carbocycles. The summed E-state index contributed by atoms with van der Waals surface area (Å²) >= 11 is 2.23. The van der Waals surface area contributed by atoms with Crippen LogP contribution in [0.1, 0.15) is 41.9 Å². The molecule has 5 heteroatoms. The highest BCUT2D eigenvalue weighted by atomic mass is 127. The largest absolute Gasteiger partial charge is 0.434 e. The molecule has 3 nitrogen and oxygen atoms in total. The van der Waals surface area contributed by atoms with Gasteiger partial charge in [0.25, 0.3) is 5.89 Å². The van der Waals surface area contributed by atoms with Gasteiger partial charge in [0.15, 0.2) is 11.4 Å². The zero-order valence-electron chi connectivity index (χ0n) is 16.4. The highest BCUT2D eigenvalue weighted by Crippen LogP contribution is 2.28. The molecule has 0 aliphatic rings. The number of unbranched alkanes of at least 4 members (excludes halogenated alkanes) is 2. The number of Topliss-reactive ketones (excluding diaryl/α,β-unsaturated/α-hetero) is 1. The Kier molecular flexibility index (Phi) is 6.57. The number of hydrogen-bond acceptors (Lipinski definition) is 3. The number of aromatic nitrogens is 1. The predicted molar refractivity (Wildman–Crippen MR) is 125 cm³/mol. The average molecular weight is 513 g/mol. The summed E-state index contributed by atoms with van der Waals surface area (Å²) < 4.78 is 21.3. The Morgan fingerprint density at radius 1 is 0.933 bits per heavy atom. The molecule has 4 rings (SSSR count). The van der Waals surface area contributed by atoms with E-state index >= 15 is 0 Å². The molecular formula is C25H21FINO2. The maximum Gasteiger partial charge on any atom is 0.264 e. The van der Waals surface area contributed by atoms with E-state index in [4.69, 9.17) is 4.42 Å². The van der Waals surface area contributed by atoms with Crippen LogP contribution in [-0.4, -0.2) is 10.8 Å². The van der Waals surface area contributed by atoms with Gasteiger partial charge >= 0.3 is 0 Å². The van der Waals surface area contributed by atoms with E-state index in [9.17, 15) is 9.18 Å². The lowest BCUT2D eigenvalue weighted by atomic mass is 10.1. The molecule has 152 valence electrons. The molecule has 0 saturated carbocycles. The summed E-state index contributed by atoms with van der Waals surface area (Å²) in [7, 11) is 0. The predicted octanol–water partition coefficient (Wildman–Crippen LogP) is 7.22. The van der Waals surface area contributed by atoms with Gasteiger partial charge < -0.3 is 4.42 Å². The van der Waals surface area contributed by atoms with Crippen LogP contribution in [0, 0.1) is 9.39 Å². The van der Waals surface area contributed by atoms with E-state index in [1.807, 2.05) is 42.5 Å². The van der Waals surface area contributed by atoms with Gasteiger partial charge in [-0.15, -0.1) is 0 Å². The minimum absolute atomic E-state index is 0.00767. The number of fused-ring (bicyclic) bond motifs is 1. The minimum Gasteiger partial charge on any atom is -0.434 e. The van der Waals surface area contributed by atoms with Crippen LogP contribution in [0.4, 0.5) is 4.39 Å². The number of carbonyl (C=O) groups is 1. The molecule has 0 unspecified atom stereocenters. The van der Waals surface area contributed by atoms with Crippen LogP contribution in [0.5, 0.6) is 0 Å². The van der Waals surface area contributed by atoms with Crippen molar-refractivity contribution in [2.24, 2.45) is 0 Å². The third-order valence-corrected chi connectivity index (χ3v) is 5.80. The second-order valence-electron chi connectivity index (χ2n) is 7.30. The van der Waals surface area contributed by atoms with Crippen molar-refractivity contribution in [3.8, 4) is 11.1 Å². The molecule has 30 heavy (non-hydrogen) atoms. The van der Waals surface area contributed by atoms with Gasteiger partial charge in [-0.1, -0.05) is 48.9 Å². The number of hydrogen-bond donors (Lipinski definition) is 0. The number of nitrogens with zero attached hydrogens (tertiary/aromatic N) is 1. The second kappa shape index (κ2) is 9.51. The first-order valence-electron chi connectivity index (χ1n) is 10.0. The summed E-state index contributed by atoms with van der Waals surface area (Å²) in [4.78, 5) is 16.6. The fraction of sp³-hybridized carbons (Fsp3) is 0.200. The number of aryl methyl sites for hydroxylation is 1. The molecule has 0 fully saturated rings. The summed E-state index contributed by atoms with van der Waals surface area (Å²) in [5.74, 6) is -0.667. The summed E-state index contributed by atoms with van der Waals surface area (Å²) in [6, 6.07) is 21.3. The molecule has 0 bridgehead atoms. The first-order chi connectivity index (χ1) is 14.6. The highest BCUT2D eigenvalue weighted by molar-refractivity contribution is 14.1. The number of ketones is 1. The Morgan fingerprint density at radius 3 is 2.47 bits per heavy atom. The van der Waals surface area contributed by atoms with Crippen molar-refractivity contribution in [2.75, 3.05) is 0 Å². The zero-order chi connectivity index (χ0) is 20.9. The summed E-state index contributed by atoms with van der Waals surface area (Å²) in [6.07, 6.45) is 4.10. The van der Waals surface area contributed by atoms with Crippen LogP contribution < -0.4 is 0 Å². The molecule has 0 aliphatic carbocycles. The summed E-state index contributed by atoms with van der Waals surface area (Å²) in [5, 5.41) is 0. The lowest BCUT2D eigenvalue weighted by molar-refractivity contribution is 0.0947. The van der Waals surface area contributed by atoms with Crippen LogP contribution in [0.2, 0.25) is 0 Å². The fourth-order valence-corrected chi connectivity index (χ4v) is 3.82. The van der Waals surface area contributed by atoms with Gasteiger partial charge in [0, 0.05) is 9.99 Å². The van der Waals surface area contributed by atoms with Crippen LogP contribution >= 0.6 is 22.6 Å². The van der Waals surface area contributed by atoms with E-state index in [1.165, 1.54) is 11.6 Å². The molecule has 1 heterocycles. The van der Waals surface area contributed by atoms with E-state index in [-0.39, 0.29) is 17.2 Å². The molecule has 0 aliphatic heterocycles. The Bertz CT molecular complexity index is 1150. The van der Waals surface area contributed by atoms with Crippen LogP contribution in [-0.2, 0) is 6.42 Å². The topological polar surface area (TPSA) is 43.1 Å². The average Bonchev–Trinajstić information content (AvgIpc) is 3.20. The number of benzene rings is 3. The SMILES string of the molecule is O=C(CCCCCc1ccccc1)c1nc2c(F)cc(-c3ccc(I)cc3)cc2o1. The number of oxazole rings is 1. The number of carbonyl (C=O) groups excluding carboxylic acids is 1. The van der Waals surface area contributed by atoms with Crippen LogP contribution in [0.25, 0.3) is 22.2 Å². The van der Waals surface area contributed by atoms with Crippen molar-refractivity contribution in [1.29, 1.82) is 0 Å². The molecule has 0 N–H and O–H groups in total. The van der Waals surface area contributed by atoms with Crippen molar-refractivity contribution in [3.05, 3.63) is 87.6 Å². The molecular weight excluding hydrogens is 492 g/mol. The molecule has 0 radical (unpaired) electrons. The Labute approximate surface area is 188 Å². The first-order valence-corrected chi connectivity index (χ1v) is 11.1. The van der Waals surface area contributed by atoms with Gasteiger partial charge in [0.05, 0.1) is 0 Å². The van der Waals surface area contributed by atoms with Crippen LogP contribution in [0.3, 0.4) is 0 Å². The van der Waals surface area contributed by atoms with Gasteiger partial charge in [0.1, 0.15) is 5.52 Å². The van der Waals surface area contributed by atoms with E-state index in [2.05, 4.69) is 39.7 Å².